The highest BCUT2D eigenvalue weighted by Crippen LogP contribution is 2.70. The summed E-state index contributed by atoms with van der Waals surface area (Å²) in [6.45, 7) is 4.33. The van der Waals surface area contributed by atoms with E-state index in [0.29, 0.717) is 38.5 Å². The zero-order valence-corrected chi connectivity index (χ0v) is 18.1. The van der Waals surface area contributed by atoms with Gasteiger partial charge in [0.05, 0.1) is 19.1 Å². The second kappa shape index (κ2) is 6.41. The minimum atomic E-state index is -0.611. The van der Waals surface area contributed by atoms with Crippen LogP contribution >= 0.6 is 0 Å². The number of rotatable bonds is 1. The van der Waals surface area contributed by atoms with Crippen LogP contribution in [0.15, 0.2) is 11.6 Å². The summed E-state index contributed by atoms with van der Waals surface area (Å²) in [7, 11) is 1.42. The normalized spacial score (nSPS) is 49.7. The lowest BCUT2D eigenvalue weighted by molar-refractivity contribution is -0.197. The minimum absolute atomic E-state index is 0.0415. The van der Waals surface area contributed by atoms with E-state index in [9.17, 15) is 19.5 Å². The fourth-order valence-corrected chi connectivity index (χ4v) is 8.35. The molecule has 3 saturated carbocycles. The number of carbonyl (C=O) groups excluding carboxylic acids is 3. The number of methoxy groups -OCH3 is 1. The topological polar surface area (TPSA) is 89.9 Å². The SMILES string of the molecule is COC(=O)[C@@H]1CC2=CC(=O)CC[C@]2(C)[C@@H]2[C@H]1[C@H]1CC[C@@]3(CCC(=O)O3)[C@]1(C)C[C@H]2O. The van der Waals surface area contributed by atoms with Crippen LogP contribution < -0.4 is 0 Å². The molecule has 1 aliphatic heterocycles. The molecule has 8 atom stereocenters. The number of aliphatic hydroxyl groups excluding tert-OH is 1. The van der Waals surface area contributed by atoms with E-state index >= 15 is 0 Å². The number of hydrogen-bond acceptors (Lipinski definition) is 6. The van der Waals surface area contributed by atoms with Gasteiger partial charge in [-0.05, 0) is 67.8 Å². The first-order chi connectivity index (χ1) is 14.1. The van der Waals surface area contributed by atoms with Crippen LogP contribution in [0.2, 0.25) is 0 Å². The molecule has 0 unspecified atom stereocenters. The summed E-state index contributed by atoms with van der Waals surface area (Å²) < 4.78 is 11.2. The van der Waals surface area contributed by atoms with Crippen LogP contribution in [-0.2, 0) is 23.9 Å². The molecule has 4 aliphatic carbocycles. The highest BCUT2D eigenvalue weighted by molar-refractivity contribution is 5.92. The third-order valence-corrected chi connectivity index (χ3v) is 9.79. The van der Waals surface area contributed by atoms with Crippen molar-refractivity contribution in [1.82, 2.24) is 0 Å². The van der Waals surface area contributed by atoms with E-state index < -0.39 is 11.7 Å². The Morgan fingerprint density at radius 3 is 2.63 bits per heavy atom. The predicted octanol–water partition coefficient (Wildman–Crippen LogP) is 2.96. The summed E-state index contributed by atoms with van der Waals surface area (Å²) in [5.41, 5.74) is -0.168. The van der Waals surface area contributed by atoms with Gasteiger partial charge >= 0.3 is 11.9 Å². The average molecular weight is 417 g/mol. The molecule has 0 bridgehead atoms. The molecule has 5 aliphatic rings. The number of aliphatic hydroxyl groups is 1. The molecule has 6 nitrogen and oxygen atoms in total. The Bertz CT molecular complexity index is 847. The number of fused-ring (bicyclic) bond motifs is 6. The molecule has 5 rings (SSSR count). The Kier molecular flexibility index (Phi) is 4.32. The number of allylic oxidation sites excluding steroid dienone is 1. The van der Waals surface area contributed by atoms with E-state index in [1.807, 2.05) is 0 Å². The van der Waals surface area contributed by atoms with Gasteiger partial charge in [-0.15, -0.1) is 0 Å². The molecule has 0 aromatic rings. The lowest BCUT2D eigenvalue weighted by Gasteiger charge is -2.62. The molecule has 0 aromatic carbocycles. The summed E-state index contributed by atoms with van der Waals surface area (Å²) in [6.07, 6.45) is 6.21. The van der Waals surface area contributed by atoms with E-state index in [1.54, 1.807) is 6.08 Å². The van der Waals surface area contributed by atoms with Crippen molar-refractivity contribution in [2.75, 3.05) is 7.11 Å². The van der Waals surface area contributed by atoms with Crippen molar-refractivity contribution in [2.45, 2.75) is 76.9 Å². The Balaban J connectivity index is 1.62. The summed E-state index contributed by atoms with van der Waals surface area (Å²) in [5, 5.41) is 11.6. The maximum atomic E-state index is 12.9. The fourth-order valence-electron chi connectivity index (χ4n) is 8.35. The van der Waals surface area contributed by atoms with Crippen LogP contribution in [0.1, 0.15) is 65.2 Å². The van der Waals surface area contributed by atoms with Crippen LogP contribution in [0.25, 0.3) is 0 Å². The molecule has 0 radical (unpaired) electrons. The number of ether oxygens (including phenoxy) is 2. The smallest absolute Gasteiger partial charge is 0.309 e. The van der Waals surface area contributed by atoms with Crippen molar-refractivity contribution < 1.29 is 29.0 Å². The Hall–Kier alpha value is -1.69. The van der Waals surface area contributed by atoms with Crippen molar-refractivity contribution in [2.24, 2.45) is 34.5 Å². The average Bonchev–Trinajstić information content (AvgIpc) is 3.21. The summed E-state index contributed by atoms with van der Waals surface area (Å²) in [6, 6.07) is 0. The van der Waals surface area contributed by atoms with Crippen molar-refractivity contribution in [1.29, 1.82) is 0 Å². The van der Waals surface area contributed by atoms with Crippen molar-refractivity contribution in [3.8, 4) is 0 Å². The highest BCUT2D eigenvalue weighted by atomic mass is 16.6. The molecule has 30 heavy (non-hydrogen) atoms. The molecule has 1 heterocycles. The number of esters is 2. The highest BCUT2D eigenvalue weighted by Gasteiger charge is 2.71. The van der Waals surface area contributed by atoms with Gasteiger partial charge in [-0.3, -0.25) is 14.4 Å². The largest absolute Gasteiger partial charge is 0.469 e. The minimum Gasteiger partial charge on any atom is -0.469 e. The monoisotopic (exact) mass is 416 g/mol. The van der Waals surface area contributed by atoms with Gasteiger partial charge in [0.1, 0.15) is 5.60 Å². The molecule has 164 valence electrons. The molecular formula is C24H32O6. The number of ketones is 1. The zero-order valence-electron chi connectivity index (χ0n) is 18.1. The zero-order chi connectivity index (χ0) is 21.5. The van der Waals surface area contributed by atoms with Crippen LogP contribution in [0.3, 0.4) is 0 Å². The van der Waals surface area contributed by atoms with Crippen molar-refractivity contribution in [3.63, 3.8) is 0 Å². The maximum absolute atomic E-state index is 12.9. The summed E-state index contributed by atoms with van der Waals surface area (Å²) in [4.78, 5) is 37.2. The van der Waals surface area contributed by atoms with E-state index in [4.69, 9.17) is 9.47 Å². The van der Waals surface area contributed by atoms with Crippen molar-refractivity contribution >= 4 is 17.7 Å². The van der Waals surface area contributed by atoms with Gasteiger partial charge < -0.3 is 14.6 Å². The standard InChI is InChI=1S/C24H32O6/c1-22-7-4-14(25)10-13(22)11-15(21(28)29-3)19-16-5-8-24(9-6-18(27)30-24)23(16,2)12-17(26)20(19)22/h10,15-17,19-20,26H,4-9,11-12H2,1-3H3/t15-,16-,17-,19-,20+,22+,23-,24-/m1/s1. The quantitative estimate of drug-likeness (QED) is 0.661. The predicted molar refractivity (Wildman–Crippen MR) is 107 cm³/mol. The maximum Gasteiger partial charge on any atom is 0.309 e. The number of carbonyl (C=O) groups is 3. The van der Waals surface area contributed by atoms with E-state index in [0.717, 1.165) is 18.4 Å². The molecular weight excluding hydrogens is 384 g/mol. The van der Waals surface area contributed by atoms with Gasteiger partial charge in [-0.1, -0.05) is 19.4 Å². The van der Waals surface area contributed by atoms with Crippen LogP contribution in [0, 0.1) is 34.5 Å². The lowest BCUT2D eigenvalue weighted by atomic mass is 9.43. The molecule has 1 spiro atoms. The number of hydrogen-bond donors (Lipinski definition) is 1. The second-order valence-electron chi connectivity index (χ2n) is 10.8. The van der Waals surface area contributed by atoms with E-state index in [2.05, 4.69) is 13.8 Å². The van der Waals surface area contributed by atoms with Crippen LogP contribution in [0.5, 0.6) is 0 Å². The first-order valence-electron chi connectivity index (χ1n) is 11.4. The fraction of sp³-hybridized carbons (Fsp3) is 0.792. The first-order valence-corrected chi connectivity index (χ1v) is 11.4. The Labute approximate surface area is 177 Å². The van der Waals surface area contributed by atoms with Gasteiger partial charge in [0.2, 0.25) is 0 Å². The van der Waals surface area contributed by atoms with Gasteiger partial charge in [0.25, 0.3) is 0 Å². The van der Waals surface area contributed by atoms with Gasteiger partial charge in [0, 0.05) is 18.3 Å². The molecule has 4 fully saturated rings. The molecule has 6 heteroatoms. The third-order valence-electron chi connectivity index (χ3n) is 9.79. The lowest BCUT2D eigenvalue weighted by Crippen LogP contribution is -2.62. The van der Waals surface area contributed by atoms with Crippen molar-refractivity contribution in [3.05, 3.63) is 11.6 Å². The molecule has 0 amide bonds. The molecule has 0 aromatic heterocycles. The van der Waals surface area contributed by atoms with Crippen LogP contribution in [0.4, 0.5) is 0 Å². The second-order valence-corrected chi connectivity index (χ2v) is 10.8. The first kappa shape index (κ1) is 20.2. The Morgan fingerprint density at radius 1 is 1.20 bits per heavy atom. The molecule has 1 saturated heterocycles. The van der Waals surface area contributed by atoms with E-state index in [-0.39, 0.29) is 52.2 Å². The Morgan fingerprint density at radius 2 is 1.97 bits per heavy atom. The van der Waals surface area contributed by atoms with Gasteiger partial charge in [-0.25, -0.2) is 0 Å². The third kappa shape index (κ3) is 2.43. The summed E-state index contributed by atoms with van der Waals surface area (Å²) >= 11 is 0. The van der Waals surface area contributed by atoms with Gasteiger partial charge in [-0.2, -0.15) is 0 Å². The van der Waals surface area contributed by atoms with Crippen LogP contribution in [-0.4, -0.2) is 41.6 Å². The molecule has 1 N–H and O–H groups in total. The van der Waals surface area contributed by atoms with E-state index in [1.165, 1.54) is 7.11 Å². The summed E-state index contributed by atoms with van der Waals surface area (Å²) in [5.74, 6) is -0.636. The van der Waals surface area contributed by atoms with Gasteiger partial charge in [0.15, 0.2) is 5.78 Å².